The van der Waals surface area contributed by atoms with Crippen LogP contribution >= 0.6 is 0 Å². The van der Waals surface area contributed by atoms with Crippen molar-refractivity contribution in [1.29, 1.82) is 5.26 Å². The number of benzene rings is 2. The lowest BCUT2D eigenvalue weighted by Crippen LogP contribution is -2.29. The normalized spacial score (nSPS) is 12.8. The van der Waals surface area contributed by atoms with Crippen LogP contribution in [0.2, 0.25) is 0 Å². The van der Waals surface area contributed by atoms with Crippen molar-refractivity contribution in [1.82, 2.24) is 19.5 Å². The molecule has 0 saturated heterocycles. The van der Waals surface area contributed by atoms with E-state index in [9.17, 15) is 40.8 Å². The smallest absolute Gasteiger partial charge is 0.368 e. The highest BCUT2D eigenvalue weighted by Gasteiger charge is 2.37. The number of nitrogens with two attached hydrogens (primary N) is 1. The van der Waals surface area contributed by atoms with E-state index in [0.717, 1.165) is 6.07 Å². The maximum absolute atomic E-state index is 14.7. The predicted octanol–water partition coefficient (Wildman–Crippen LogP) is 5.29. The van der Waals surface area contributed by atoms with Crippen LogP contribution in [-0.4, -0.2) is 19.5 Å². The monoisotopic (exact) mass is 551 g/mol. The zero-order valence-electron chi connectivity index (χ0n) is 19.9. The number of nitriles is 1. The summed E-state index contributed by atoms with van der Waals surface area (Å²) in [5, 5.41) is 11.6. The van der Waals surface area contributed by atoms with Gasteiger partial charge in [-0.1, -0.05) is 6.07 Å². The topological polar surface area (TPSA) is 123 Å². The third-order valence-electron chi connectivity index (χ3n) is 5.66. The van der Waals surface area contributed by atoms with Crippen LogP contribution in [0.4, 0.5) is 42.5 Å². The number of rotatable bonds is 4. The highest BCUT2D eigenvalue weighted by atomic mass is 19.4. The Morgan fingerprint density at radius 2 is 1.64 bits per heavy atom. The molecule has 39 heavy (non-hydrogen) atoms. The molecule has 2 aromatic heterocycles. The molecule has 0 fully saturated rings. The lowest BCUT2D eigenvalue weighted by Gasteiger charge is -2.22. The fourth-order valence-electron chi connectivity index (χ4n) is 3.92. The Bertz CT molecular complexity index is 1670. The van der Waals surface area contributed by atoms with E-state index in [1.54, 1.807) is 0 Å². The molecule has 2 heterocycles. The Morgan fingerprint density at radius 3 is 2.21 bits per heavy atom. The van der Waals surface area contributed by atoms with Crippen LogP contribution in [0.25, 0.3) is 16.6 Å². The third-order valence-corrected chi connectivity index (χ3v) is 5.66. The first-order valence-electron chi connectivity index (χ1n) is 10.9. The predicted molar refractivity (Wildman–Crippen MR) is 125 cm³/mol. The Balaban J connectivity index is 2.05. The first-order valence-corrected chi connectivity index (χ1v) is 10.9. The fraction of sp³-hybridized carbons (Fsp3) is 0.208. The maximum Gasteiger partial charge on any atom is 0.416 e. The summed E-state index contributed by atoms with van der Waals surface area (Å²) in [6.45, 7) is 2.82. The standard InChI is InChI=1S/C24H16F7N7O/c1-10-15(9-32)19(37-22(33)35-10)34-11(2)20-36-17-5-3-4-16(25)18(17)21(39)38(20)14-7-12(23(26,27)28)6-13(8-14)24(29,30)31/h3-8,11H,1-2H3,(H3,33,34,35,37). The number of anilines is 2. The van der Waals surface area contributed by atoms with E-state index in [0.29, 0.717) is 16.7 Å². The van der Waals surface area contributed by atoms with Gasteiger partial charge in [0.2, 0.25) is 5.95 Å². The van der Waals surface area contributed by atoms with Crippen LogP contribution in [0, 0.1) is 24.1 Å². The van der Waals surface area contributed by atoms with Crippen molar-refractivity contribution in [2.45, 2.75) is 32.2 Å². The molecular formula is C24H16F7N7O. The van der Waals surface area contributed by atoms with Gasteiger partial charge in [0.25, 0.3) is 5.56 Å². The van der Waals surface area contributed by atoms with Crippen LogP contribution in [0.1, 0.15) is 41.2 Å². The molecule has 0 saturated carbocycles. The van der Waals surface area contributed by atoms with Crippen molar-refractivity contribution in [2.24, 2.45) is 0 Å². The van der Waals surface area contributed by atoms with Crippen LogP contribution in [-0.2, 0) is 12.4 Å². The van der Waals surface area contributed by atoms with E-state index >= 15 is 0 Å². The molecule has 4 rings (SSSR count). The molecule has 1 unspecified atom stereocenters. The minimum absolute atomic E-state index is 0.0600. The number of hydrogen-bond donors (Lipinski definition) is 2. The second kappa shape index (κ2) is 9.53. The SMILES string of the molecule is Cc1nc(N)nc(NC(C)c2nc3cccc(F)c3c(=O)n2-c2cc(C(F)(F)F)cc(C(F)(F)F)c2)c1C#N. The Hall–Kier alpha value is -4.74. The van der Waals surface area contributed by atoms with Gasteiger partial charge in [-0.05, 0) is 44.2 Å². The van der Waals surface area contributed by atoms with E-state index in [2.05, 4.69) is 20.3 Å². The van der Waals surface area contributed by atoms with Crippen molar-refractivity contribution in [2.75, 3.05) is 11.1 Å². The molecule has 0 amide bonds. The number of nitrogen functional groups attached to an aromatic ring is 1. The summed E-state index contributed by atoms with van der Waals surface area (Å²) >= 11 is 0. The number of hydrogen-bond acceptors (Lipinski definition) is 7. The number of nitrogens with zero attached hydrogens (tertiary/aromatic N) is 5. The van der Waals surface area contributed by atoms with Gasteiger partial charge in [0, 0.05) is 0 Å². The summed E-state index contributed by atoms with van der Waals surface area (Å²) in [6.07, 6.45) is -10.4. The van der Waals surface area contributed by atoms with Crippen LogP contribution in [0.15, 0.2) is 41.2 Å². The summed E-state index contributed by atoms with van der Waals surface area (Å²) in [6, 6.07) is 4.61. The van der Waals surface area contributed by atoms with Gasteiger partial charge in [-0.2, -0.15) is 36.6 Å². The van der Waals surface area contributed by atoms with Crippen molar-refractivity contribution >= 4 is 22.7 Å². The van der Waals surface area contributed by atoms with Crippen LogP contribution in [0.5, 0.6) is 0 Å². The van der Waals surface area contributed by atoms with Gasteiger partial charge in [-0.25, -0.2) is 14.4 Å². The summed E-state index contributed by atoms with van der Waals surface area (Å²) in [4.78, 5) is 25.5. The molecule has 0 spiro atoms. The van der Waals surface area contributed by atoms with Crippen LogP contribution in [0.3, 0.4) is 0 Å². The molecule has 0 aliphatic carbocycles. The number of aromatic nitrogens is 4. The average molecular weight is 551 g/mol. The molecule has 4 aromatic rings. The molecule has 8 nitrogen and oxygen atoms in total. The van der Waals surface area contributed by atoms with Gasteiger partial charge < -0.3 is 11.1 Å². The second-order valence-corrected chi connectivity index (χ2v) is 8.38. The summed E-state index contributed by atoms with van der Waals surface area (Å²) < 4.78 is 96.6. The minimum atomic E-state index is -5.21. The molecular weight excluding hydrogens is 535 g/mol. The molecule has 0 bridgehead atoms. The lowest BCUT2D eigenvalue weighted by atomic mass is 10.1. The number of nitrogens with one attached hydrogen (secondary N) is 1. The second-order valence-electron chi connectivity index (χ2n) is 8.38. The van der Waals surface area contributed by atoms with Crippen molar-refractivity contribution < 1.29 is 30.7 Å². The van der Waals surface area contributed by atoms with E-state index in [-0.39, 0.29) is 34.6 Å². The Labute approximate surface area is 214 Å². The van der Waals surface area contributed by atoms with E-state index in [1.807, 2.05) is 6.07 Å². The van der Waals surface area contributed by atoms with Crippen LogP contribution < -0.4 is 16.6 Å². The average Bonchev–Trinajstić information content (AvgIpc) is 2.82. The van der Waals surface area contributed by atoms with Gasteiger partial charge in [0.05, 0.1) is 34.1 Å². The number of halogens is 7. The molecule has 0 radical (unpaired) electrons. The van der Waals surface area contributed by atoms with Crippen molar-refractivity contribution in [3.63, 3.8) is 0 Å². The summed E-state index contributed by atoms with van der Waals surface area (Å²) in [5.41, 5.74) is 0.0692. The van der Waals surface area contributed by atoms with Crippen molar-refractivity contribution in [3.8, 4) is 11.8 Å². The summed E-state index contributed by atoms with van der Waals surface area (Å²) in [7, 11) is 0. The van der Waals surface area contributed by atoms with Gasteiger partial charge in [0.1, 0.15) is 34.5 Å². The zero-order valence-corrected chi connectivity index (χ0v) is 19.9. The molecule has 2 aromatic carbocycles. The summed E-state index contributed by atoms with van der Waals surface area (Å²) in [5.74, 6) is -1.85. The highest BCUT2D eigenvalue weighted by molar-refractivity contribution is 5.79. The van der Waals surface area contributed by atoms with Gasteiger partial charge in [0.15, 0.2) is 0 Å². The van der Waals surface area contributed by atoms with Crippen molar-refractivity contribution in [3.05, 3.63) is 80.8 Å². The molecule has 1 atom stereocenters. The van der Waals surface area contributed by atoms with Gasteiger partial charge >= 0.3 is 12.4 Å². The van der Waals surface area contributed by atoms with E-state index < -0.39 is 57.8 Å². The maximum atomic E-state index is 14.7. The van der Waals surface area contributed by atoms with Gasteiger partial charge in [-0.3, -0.25) is 9.36 Å². The molecule has 0 aliphatic heterocycles. The quantitative estimate of drug-likeness (QED) is 0.331. The highest BCUT2D eigenvalue weighted by Crippen LogP contribution is 2.37. The zero-order chi connectivity index (χ0) is 28.9. The number of alkyl halides is 6. The third kappa shape index (κ3) is 5.17. The largest absolute Gasteiger partial charge is 0.416 e. The molecule has 3 N–H and O–H groups in total. The minimum Gasteiger partial charge on any atom is -0.368 e. The van der Waals surface area contributed by atoms with Gasteiger partial charge in [-0.15, -0.1) is 0 Å². The van der Waals surface area contributed by atoms with E-state index in [4.69, 9.17) is 5.73 Å². The molecule has 202 valence electrons. The lowest BCUT2D eigenvalue weighted by molar-refractivity contribution is -0.143. The molecule has 15 heteroatoms. The fourth-order valence-corrected chi connectivity index (χ4v) is 3.92. The Kier molecular flexibility index (Phi) is 6.67. The first kappa shape index (κ1) is 27.3. The molecule has 0 aliphatic rings. The number of aryl methyl sites for hydroxylation is 1. The Morgan fingerprint density at radius 1 is 1.03 bits per heavy atom. The van der Waals surface area contributed by atoms with E-state index in [1.165, 1.54) is 26.0 Å². The first-order chi connectivity index (χ1) is 18.1. The number of fused-ring (bicyclic) bond motifs is 1.